The summed E-state index contributed by atoms with van der Waals surface area (Å²) in [6.07, 6.45) is -0.836. The summed E-state index contributed by atoms with van der Waals surface area (Å²) in [5, 5.41) is 0. The minimum absolute atomic E-state index is 0.251. The predicted octanol–water partition coefficient (Wildman–Crippen LogP) is 2.44. The second-order valence-corrected chi connectivity index (χ2v) is 7.16. The number of hydrogen-bond acceptors (Lipinski definition) is 6. The summed E-state index contributed by atoms with van der Waals surface area (Å²) in [6.45, 7) is 3.61. The van der Waals surface area contributed by atoms with Crippen LogP contribution in [0.25, 0.3) is 0 Å². The van der Waals surface area contributed by atoms with Gasteiger partial charge in [-0.05, 0) is 42.5 Å². The van der Waals surface area contributed by atoms with Crippen LogP contribution in [0.15, 0.2) is 42.5 Å². The summed E-state index contributed by atoms with van der Waals surface area (Å²) in [5.74, 6) is 0.485. The van der Waals surface area contributed by atoms with Crippen LogP contribution in [0.4, 0.5) is 26.2 Å². The average molecular weight is 400 g/mol. The first-order valence-electron chi connectivity index (χ1n) is 9.71. The number of amides is 1. The lowest BCUT2D eigenvalue weighted by molar-refractivity contribution is 0.145. The van der Waals surface area contributed by atoms with Crippen molar-refractivity contribution in [3.63, 3.8) is 0 Å². The zero-order valence-electron chi connectivity index (χ0n) is 16.4. The molecule has 0 aliphatic carbocycles. The van der Waals surface area contributed by atoms with Gasteiger partial charge in [0.15, 0.2) is 0 Å². The van der Waals surface area contributed by atoms with Gasteiger partial charge in [0, 0.05) is 38.4 Å². The minimum atomic E-state index is -0.485. The molecule has 7 nitrogen and oxygen atoms in total. The average Bonchev–Trinajstić information content (AvgIpc) is 3.15. The highest BCUT2D eigenvalue weighted by Gasteiger charge is 2.32. The quantitative estimate of drug-likeness (QED) is 0.831. The Morgan fingerprint density at radius 1 is 1.07 bits per heavy atom. The third-order valence-electron chi connectivity index (χ3n) is 5.44. The van der Waals surface area contributed by atoms with Crippen LogP contribution in [0.1, 0.15) is 0 Å². The number of methoxy groups -OCH3 is 1. The Morgan fingerprint density at radius 3 is 2.31 bits per heavy atom. The van der Waals surface area contributed by atoms with E-state index in [0.717, 1.165) is 24.5 Å². The van der Waals surface area contributed by atoms with E-state index in [0.29, 0.717) is 31.0 Å². The van der Waals surface area contributed by atoms with Crippen molar-refractivity contribution in [2.24, 2.45) is 5.73 Å². The molecule has 2 fully saturated rings. The molecule has 154 valence electrons. The molecule has 1 atom stereocenters. The summed E-state index contributed by atoms with van der Waals surface area (Å²) in [7, 11) is 1.65. The maximum atomic E-state index is 14.8. The molecule has 0 radical (unpaired) electrons. The molecule has 0 saturated carbocycles. The van der Waals surface area contributed by atoms with Gasteiger partial charge in [0.05, 0.1) is 25.0 Å². The predicted molar refractivity (Wildman–Crippen MR) is 110 cm³/mol. The minimum Gasteiger partial charge on any atom is -0.497 e. The molecule has 2 aliphatic rings. The van der Waals surface area contributed by atoms with E-state index in [1.807, 2.05) is 29.2 Å². The van der Waals surface area contributed by atoms with E-state index in [-0.39, 0.29) is 18.5 Å². The van der Waals surface area contributed by atoms with Crippen LogP contribution in [0.5, 0.6) is 5.75 Å². The third-order valence-corrected chi connectivity index (χ3v) is 5.44. The van der Waals surface area contributed by atoms with Gasteiger partial charge < -0.3 is 25.0 Å². The maximum absolute atomic E-state index is 14.8. The SMILES string of the molecule is COc1ccc(N2CCN(c3ccc(N4C[C@H](CN)OC4=O)cc3F)CC2)cc1. The van der Waals surface area contributed by atoms with Gasteiger partial charge in [0.2, 0.25) is 0 Å². The highest BCUT2D eigenvalue weighted by Crippen LogP contribution is 2.29. The molecule has 2 aromatic rings. The first-order chi connectivity index (χ1) is 14.1. The number of halogens is 1. The van der Waals surface area contributed by atoms with E-state index in [1.54, 1.807) is 19.2 Å². The molecule has 1 amide bonds. The van der Waals surface area contributed by atoms with Gasteiger partial charge in [0.1, 0.15) is 17.7 Å². The summed E-state index contributed by atoms with van der Waals surface area (Å²) in [5.41, 5.74) is 7.73. The lowest BCUT2D eigenvalue weighted by Crippen LogP contribution is -2.46. The maximum Gasteiger partial charge on any atom is 0.414 e. The smallest absolute Gasteiger partial charge is 0.414 e. The van der Waals surface area contributed by atoms with Crippen LogP contribution in [0.2, 0.25) is 0 Å². The number of ether oxygens (including phenoxy) is 2. The van der Waals surface area contributed by atoms with Crippen molar-refractivity contribution in [3.05, 3.63) is 48.3 Å². The van der Waals surface area contributed by atoms with Crippen LogP contribution in [-0.4, -0.2) is 58.6 Å². The molecule has 0 aromatic heterocycles. The Labute approximate surface area is 169 Å². The van der Waals surface area contributed by atoms with Gasteiger partial charge >= 0.3 is 6.09 Å². The molecule has 29 heavy (non-hydrogen) atoms. The Bertz CT molecular complexity index is 869. The highest BCUT2D eigenvalue weighted by atomic mass is 19.1. The van der Waals surface area contributed by atoms with Crippen molar-refractivity contribution in [1.82, 2.24) is 0 Å². The molecule has 2 heterocycles. The van der Waals surface area contributed by atoms with Crippen molar-refractivity contribution in [3.8, 4) is 5.75 Å². The van der Waals surface area contributed by atoms with E-state index in [4.69, 9.17) is 15.2 Å². The summed E-state index contributed by atoms with van der Waals surface area (Å²) < 4.78 is 25.2. The fourth-order valence-corrected chi connectivity index (χ4v) is 3.77. The lowest BCUT2D eigenvalue weighted by atomic mass is 10.2. The largest absolute Gasteiger partial charge is 0.497 e. The number of piperazine rings is 1. The normalized spacial score (nSPS) is 19.5. The summed E-state index contributed by atoms with van der Waals surface area (Å²) in [4.78, 5) is 17.7. The number of carbonyl (C=O) groups excluding carboxylic acids is 1. The van der Waals surface area contributed by atoms with Gasteiger partial charge in [-0.1, -0.05) is 0 Å². The number of nitrogens with zero attached hydrogens (tertiary/aromatic N) is 3. The first kappa shape index (κ1) is 19.3. The van der Waals surface area contributed by atoms with Crippen molar-refractivity contribution < 1.29 is 18.7 Å². The zero-order valence-corrected chi connectivity index (χ0v) is 16.4. The molecule has 0 unspecified atom stereocenters. The Kier molecular flexibility index (Phi) is 5.44. The number of anilines is 3. The van der Waals surface area contributed by atoms with E-state index >= 15 is 0 Å². The molecule has 2 aromatic carbocycles. The molecule has 0 spiro atoms. The molecule has 2 saturated heterocycles. The number of cyclic esters (lactones) is 1. The molecule has 8 heteroatoms. The lowest BCUT2D eigenvalue weighted by Gasteiger charge is -2.37. The number of rotatable bonds is 5. The Hall–Kier alpha value is -3.00. The molecule has 2 aliphatic heterocycles. The highest BCUT2D eigenvalue weighted by molar-refractivity contribution is 5.90. The molecular weight excluding hydrogens is 375 g/mol. The van der Waals surface area contributed by atoms with Crippen LogP contribution in [0, 0.1) is 5.82 Å². The summed E-state index contributed by atoms with van der Waals surface area (Å²) >= 11 is 0. The fourth-order valence-electron chi connectivity index (χ4n) is 3.77. The molecular formula is C21H25FN4O3. The number of carbonyl (C=O) groups is 1. The fraction of sp³-hybridized carbons (Fsp3) is 0.381. The molecule has 0 bridgehead atoms. The third kappa shape index (κ3) is 3.93. The monoisotopic (exact) mass is 400 g/mol. The summed E-state index contributed by atoms with van der Waals surface area (Å²) in [6, 6.07) is 12.8. The van der Waals surface area contributed by atoms with Crippen LogP contribution >= 0.6 is 0 Å². The van der Waals surface area contributed by atoms with Crippen molar-refractivity contribution in [2.45, 2.75) is 6.10 Å². The Morgan fingerprint density at radius 2 is 1.72 bits per heavy atom. The second kappa shape index (κ2) is 8.16. The molecule has 2 N–H and O–H groups in total. The second-order valence-electron chi connectivity index (χ2n) is 7.16. The number of benzene rings is 2. The van der Waals surface area contributed by atoms with Crippen molar-refractivity contribution >= 4 is 23.2 Å². The van der Waals surface area contributed by atoms with Crippen molar-refractivity contribution in [2.75, 3.05) is 61.1 Å². The van der Waals surface area contributed by atoms with Crippen LogP contribution in [-0.2, 0) is 4.74 Å². The van der Waals surface area contributed by atoms with Gasteiger partial charge in [0.25, 0.3) is 0 Å². The standard InChI is InChI=1S/C21H25FN4O3/c1-28-17-5-2-15(3-6-17)24-8-10-25(11-9-24)20-7-4-16(12-19(20)22)26-14-18(13-23)29-21(26)27/h2-7,12,18H,8-11,13-14,23H2,1H3/t18-/m0/s1. The topological polar surface area (TPSA) is 71.3 Å². The Balaban J connectivity index is 1.41. The van der Waals surface area contributed by atoms with Crippen molar-refractivity contribution in [1.29, 1.82) is 0 Å². The van der Waals surface area contributed by atoms with Crippen LogP contribution < -0.4 is 25.2 Å². The van der Waals surface area contributed by atoms with Gasteiger partial charge in [-0.2, -0.15) is 0 Å². The van der Waals surface area contributed by atoms with E-state index in [9.17, 15) is 9.18 Å². The van der Waals surface area contributed by atoms with E-state index in [1.165, 1.54) is 11.0 Å². The van der Waals surface area contributed by atoms with E-state index < -0.39 is 6.09 Å². The zero-order chi connectivity index (χ0) is 20.4. The number of hydrogen-bond donors (Lipinski definition) is 1. The molecule has 4 rings (SSSR count). The van der Waals surface area contributed by atoms with E-state index in [2.05, 4.69) is 4.90 Å². The van der Waals surface area contributed by atoms with Gasteiger partial charge in [-0.3, -0.25) is 4.90 Å². The van der Waals surface area contributed by atoms with Gasteiger partial charge in [-0.15, -0.1) is 0 Å². The van der Waals surface area contributed by atoms with Gasteiger partial charge in [-0.25, -0.2) is 9.18 Å². The number of nitrogens with two attached hydrogens (primary N) is 1. The first-order valence-corrected chi connectivity index (χ1v) is 9.71. The van der Waals surface area contributed by atoms with Crippen LogP contribution in [0.3, 0.4) is 0 Å².